The number of hydrogen-bond donors (Lipinski definition) is 2. The first kappa shape index (κ1) is 13.8. The zero-order valence-corrected chi connectivity index (χ0v) is 12.7. The number of nitrogens with one attached hydrogen (secondary N) is 2. The summed E-state index contributed by atoms with van der Waals surface area (Å²) in [6, 6.07) is 3.90. The van der Waals surface area contributed by atoms with Gasteiger partial charge in [-0.1, -0.05) is 17.4 Å². The Morgan fingerprint density at radius 1 is 1.26 bits per heavy atom. The number of aromatic nitrogens is 1. The molecule has 2 rings (SSSR count). The lowest BCUT2D eigenvalue weighted by molar-refractivity contribution is 0.244. The van der Waals surface area contributed by atoms with Gasteiger partial charge in [0.05, 0.1) is 10.2 Å². The zero-order chi connectivity index (χ0) is 14.2. The molecule has 0 aliphatic carbocycles. The van der Waals surface area contributed by atoms with Crippen molar-refractivity contribution in [3.63, 3.8) is 0 Å². The number of carbonyl (C=O) groups is 1. The molecule has 0 atom stereocenters. The number of aryl methyl sites for hydroxylation is 2. The van der Waals surface area contributed by atoms with Crippen LogP contribution in [0.15, 0.2) is 12.1 Å². The second-order valence-corrected chi connectivity index (χ2v) is 6.73. The normalized spacial score (nSPS) is 11.6. The fourth-order valence-electron chi connectivity index (χ4n) is 1.75. The van der Waals surface area contributed by atoms with Crippen LogP contribution in [0.3, 0.4) is 0 Å². The molecule has 19 heavy (non-hydrogen) atoms. The molecular weight excluding hydrogens is 258 g/mol. The third-order valence-corrected chi connectivity index (χ3v) is 3.73. The van der Waals surface area contributed by atoms with Crippen molar-refractivity contribution in [3.8, 4) is 0 Å². The Bertz CT molecular complexity index is 625. The monoisotopic (exact) mass is 277 g/mol. The number of benzene rings is 1. The summed E-state index contributed by atoms with van der Waals surface area (Å²) in [5, 5.41) is 6.28. The maximum absolute atomic E-state index is 11.8. The molecular formula is C14H19N3OS. The van der Waals surface area contributed by atoms with Crippen LogP contribution >= 0.6 is 11.3 Å². The highest BCUT2D eigenvalue weighted by Gasteiger charge is 2.15. The lowest BCUT2D eigenvalue weighted by atomic mass is 10.1. The molecule has 4 nitrogen and oxygen atoms in total. The summed E-state index contributed by atoms with van der Waals surface area (Å²) in [6.45, 7) is 9.94. The van der Waals surface area contributed by atoms with Gasteiger partial charge in [-0.15, -0.1) is 0 Å². The number of fused-ring (bicyclic) bond motifs is 1. The molecule has 0 aliphatic heterocycles. The molecule has 0 fully saturated rings. The summed E-state index contributed by atoms with van der Waals surface area (Å²) in [5.41, 5.74) is 3.09. The van der Waals surface area contributed by atoms with Crippen LogP contribution in [-0.4, -0.2) is 16.6 Å². The van der Waals surface area contributed by atoms with E-state index in [1.807, 2.05) is 26.8 Å². The van der Waals surface area contributed by atoms with Crippen molar-refractivity contribution in [2.24, 2.45) is 0 Å². The molecule has 2 aromatic rings. The van der Waals surface area contributed by atoms with Gasteiger partial charge < -0.3 is 5.32 Å². The Balaban J connectivity index is 2.23. The van der Waals surface area contributed by atoms with E-state index in [4.69, 9.17) is 0 Å². The first-order chi connectivity index (χ1) is 8.76. The number of thiazole rings is 1. The third kappa shape index (κ3) is 3.23. The minimum absolute atomic E-state index is 0.221. The van der Waals surface area contributed by atoms with Crippen LogP contribution in [0, 0.1) is 13.8 Å². The van der Waals surface area contributed by atoms with Crippen molar-refractivity contribution in [2.75, 3.05) is 5.32 Å². The summed E-state index contributed by atoms with van der Waals surface area (Å²) in [7, 11) is 0. The average Bonchev–Trinajstić information content (AvgIpc) is 2.64. The SMILES string of the molecule is Cc1ccc2sc(NC(=O)NC(C)(C)C)nc2c1C. The average molecular weight is 277 g/mol. The molecule has 1 aromatic heterocycles. The molecule has 0 bridgehead atoms. The van der Waals surface area contributed by atoms with Gasteiger partial charge in [-0.2, -0.15) is 0 Å². The molecule has 0 saturated carbocycles. The van der Waals surface area contributed by atoms with E-state index in [1.54, 1.807) is 0 Å². The Morgan fingerprint density at radius 2 is 1.95 bits per heavy atom. The first-order valence-electron chi connectivity index (χ1n) is 6.22. The Labute approximate surface area is 117 Å². The largest absolute Gasteiger partial charge is 0.333 e. The summed E-state index contributed by atoms with van der Waals surface area (Å²) in [4.78, 5) is 16.3. The molecule has 0 saturated heterocycles. The van der Waals surface area contributed by atoms with E-state index >= 15 is 0 Å². The summed E-state index contributed by atoms with van der Waals surface area (Å²) in [5.74, 6) is 0. The van der Waals surface area contributed by atoms with Crippen LogP contribution < -0.4 is 10.6 Å². The molecule has 0 spiro atoms. The minimum atomic E-state index is -0.257. The van der Waals surface area contributed by atoms with E-state index < -0.39 is 0 Å². The molecule has 2 N–H and O–H groups in total. The number of hydrogen-bond acceptors (Lipinski definition) is 3. The van der Waals surface area contributed by atoms with E-state index in [-0.39, 0.29) is 11.6 Å². The fourth-order valence-corrected chi connectivity index (χ4v) is 2.67. The second kappa shape index (κ2) is 4.81. The van der Waals surface area contributed by atoms with Gasteiger partial charge in [0, 0.05) is 5.54 Å². The summed E-state index contributed by atoms with van der Waals surface area (Å²) < 4.78 is 1.09. The van der Waals surface area contributed by atoms with Crippen LogP contribution in [0.1, 0.15) is 31.9 Å². The highest BCUT2D eigenvalue weighted by atomic mass is 32.1. The third-order valence-electron chi connectivity index (χ3n) is 2.79. The minimum Gasteiger partial charge on any atom is -0.333 e. The Kier molecular flexibility index (Phi) is 3.49. The van der Waals surface area contributed by atoms with Crippen LogP contribution in [0.5, 0.6) is 0 Å². The molecule has 1 aromatic carbocycles. The topological polar surface area (TPSA) is 54.0 Å². The van der Waals surface area contributed by atoms with Gasteiger partial charge >= 0.3 is 6.03 Å². The van der Waals surface area contributed by atoms with Gasteiger partial charge in [0.15, 0.2) is 5.13 Å². The van der Waals surface area contributed by atoms with Crippen LogP contribution in [0.25, 0.3) is 10.2 Å². The van der Waals surface area contributed by atoms with Gasteiger partial charge in [0.2, 0.25) is 0 Å². The van der Waals surface area contributed by atoms with Crippen LogP contribution in [0.4, 0.5) is 9.93 Å². The molecule has 0 aliphatic rings. The van der Waals surface area contributed by atoms with E-state index in [0.29, 0.717) is 5.13 Å². The fraction of sp³-hybridized carbons (Fsp3) is 0.429. The molecule has 2 amide bonds. The lowest BCUT2D eigenvalue weighted by Crippen LogP contribution is -2.43. The number of anilines is 1. The molecule has 0 radical (unpaired) electrons. The Morgan fingerprint density at radius 3 is 2.58 bits per heavy atom. The summed E-state index contributed by atoms with van der Waals surface area (Å²) >= 11 is 1.49. The van der Waals surface area contributed by atoms with Crippen LogP contribution in [-0.2, 0) is 0 Å². The number of urea groups is 1. The van der Waals surface area contributed by atoms with E-state index in [0.717, 1.165) is 15.8 Å². The van der Waals surface area contributed by atoms with Crippen molar-refractivity contribution in [3.05, 3.63) is 23.3 Å². The van der Waals surface area contributed by atoms with Crippen molar-refractivity contribution >= 4 is 32.7 Å². The predicted molar refractivity (Wildman–Crippen MR) is 81.0 cm³/mol. The molecule has 1 heterocycles. The summed E-state index contributed by atoms with van der Waals surface area (Å²) in [6.07, 6.45) is 0. The molecule has 102 valence electrons. The first-order valence-corrected chi connectivity index (χ1v) is 7.04. The van der Waals surface area contributed by atoms with Crippen molar-refractivity contribution in [1.82, 2.24) is 10.3 Å². The smallest absolute Gasteiger partial charge is 0.321 e. The highest BCUT2D eigenvalue weighted by Crippen LogP contribution is 2.29. The van der Waals surface area contributed by atoms with Crippen molar-refractivity contribution in [2.45, 2.75) is 40.2 Å². The highest BCUT2D eigenvalue weighted by molar-refractivity contribution is 7.22. The number of nitrogens with zero attached hydrogens (tertiary/aromatic N) is 1. The van der Waals surface area contributed by atoms with Gasteiger partial charge in [0.25, 0.3) is 0 Å². The van der Waals surface area contributed by atoms with Crippen molar-refractivity contribution < 1.29 is 4.79 Å². The van der Waals surface area contributed by atoms with Gasteiger partial charge in [-0.3, -0.25) is 5.32 Å². The lowest BCUT2D eigenvalue weighted by Gasteiger charge is -2.19. The van der Waals surface area contributed by atoms with E-state index in [9.17, 15) is 4.79 Å². The van der Waals surface area contributed by atoms with E-state index in [2.05, 4.69) is 35.5 Å². The number of rotatable bonds is 1. The van der Waals surface area contributed by atoms with E-state index in [1.165, 1.54) is 16.9 Å². The number of carbonyl (C=O) groups excluding carboxylic acids is 1. The predicted octanol–water partition coefficient (Wildman–Crippen LogP) is 3.83. The van der Waals surface area contributed by atoms with Gasteiger partial charge in [0.1, 0.15) is 0 Å². The quantitative estimate of drug-likeness (QED) is 0.832. The van der Waals surface area contributed by atoms with Gasteiger partial charge in [-0.05, 0) is 51.8 Å². The van der Waals surface area contributed by atoms with Crippen LogP contribution in [0.2, 0.25) is 0 Å². The molecule has 5 heteroatoms. The standard InChI is InChI=1S/C14H19N3OS/c1-8-6-7-10-11(9(8)2)15-13(19-10)16-12(18)17-14(3,4)5/h6-7H,1-5H3,(H2,15,16,17,18). The zero-order valence-electron chi connectivity index (χ0n) is 11.9. The second-order valence-electron chi connectivity index (χ2n) is 5.70. The Hall–Kier alpha value is -1.62. The molecule has 0 unspecified atom stereocenters. The van der Waals surface area contributed by atoms with Crippen molar-refractivity contribution in [1.29, 1.82) is 0 Å². The van der Waals surface area contributed by atoms with Gasteiger partial charge in [-0.25, -0.2) is 9.78 Å². The maximum atomic E-state index is 11.8. The maximum Gasteiger partial charge on any atom is 0.321 e. The number of amides is 2.